The Bertz CT molecular complexity index is 213. The van der Waals surface area contributed by atoms with E-state index in [1.54, 1.807) is 14.0 Å². The van der Waals surface area contributed by atoms with Gasteiger partial charge in [-0.25, -0.2) is 0 Å². The second-order valence-electron chi connectivity index (χ2n) is 6.07. The van der Waals surface area contributed by atoms with Crippen molar-refractivity contribution < 1.29 is 9.53 Å². The molecule has 0 saturated heterocycles. The highest BCUT2D eigenvalue weighted by molar-refractivity contribution is 5.75. The van der Waals surface area contributed by atoms with Gasteiger partial charge in [0, 0.05) is 13.5 Å². The van der Waals surface area contributed by atoms with E-state index in [9.17, 15) is 4.79 Å². The molecule has 0 bridgehead atoms. The summed E-state index contributed by atoms with van der Waals surface area (Å²) in [6, 6.07) is 0. The maximum Gasteiger partial charge on any atom is 0.129 e. The molecule has 0 spiro atoms. The molecule has 0 radical (unpaired) electrons. The summed E-state index contributed by atoms with van der Waals surface area (Å²) in [4.78, 5) is 11.0. The molecular weight excluding hydrogens is 248 g/mol. The summed E-state index contributed by atoms with van der Waals surface area (Å²) in [6.07, 6.45) is 16.7. The normalized spacial score (nSPS) is 12.6. The fourth-order valence-corrected chi connectivity index (χ4v) is 2.60. The molecule has 0 heterocycles. The van der Waals surface area contributed by atoms with E-state index in [2.05, 4.69) is 6.92 Å². The molecule has 0 aliphatic rings. The van der Waals surface area contributed by atoms with E-state index in [4.69, 9.17) is 4.74 Å². The monoisotopic (exact) mass is 284 g/mol. The van der Waals surface area contributed by atoms with Crippen LogP contribution in [-0.2, 0) is 9.53 Å². The van der Waals surface area contributed by atoms with Crippen molar-refractivity contribution in [2.75, 3.05) is 7.11 Å². The fourth-order valence-electron chi connectivity index (χ4n) is 2.60. The molecule has 1 unspecified atom stereocenters. The zero-order chi connectivity index (χ0) is 15.1. The second kappa shape index (κ2) is 15.0. The maximum absolute atomic E-state index is 11.0. The Labute approximate surface area is 126 Å². The smallest absolute Gasteiger partial charge is 0.129 e. The first-order valence-electron chi connectivity index (χ1n) is 8.73. The van der Waals surface area contributed by atoms with E-state index in [1.165, 1.54) is 64.2 Å². The molecule has 0 aromatic carbocycles. The number of methoxy groups -OCH3 is 1. The molecule has 0 rings (SSSR count). The molecule has 0 saturated carbocycles. The molecular formula is C18H36O2. The highest BCUT2D eigenvalue weighted by Gasteiger charge is 2.08. The Morgan fingerprint density at radius 1 is 0.850 bits per heavy atom. The number of unbranched alkanes of at least 4 members (excludes halogenated alkanes) is 9. The predicted molar refractivity (Wildman–Crippen MR) is 87.2 cm³/mol. The lowest BCUT2D eigenvalue weighted by Crippen LogP contribution is -2.11. The van der Waals surface area contributed by atoms with E-state index in [0.717, 1.165) is 12.8 Å². The van der Waals surface area contributed by atoms with Crippen LogP contribution in [0.25, 0.3) is 0 Å². The summed E-state index contributed by atoms with van der Waals surface area (Å²) in [7, 11) is 1.76. The quantitative estimate of drug-likeness (QED) is 0.361. The van der Waals surface area contributed by atoms with Gasteiger partial charge in [0.1, 0.15) is 5.78 Å². The van der Waals surface area contributed by atoms with Crippen LogP contribution in [0.15, 0.2) is 0 Å². The van der Waals surface area contributed by atoms with Gasteiger partial charge in [-0.3, -0.25) is 0 Å². The van der Waals surface area contributed by atoms with E-state index in [1.807, 2.05) is 0 Å². The van der Waals surface area contributed by atoms with Crippen molar-refractivity contribution in [1.82, 2.24) is 0 Å². The number of hydrogen-bond acceptors (Lipinski definition) is 2. The van der Waals surface area contributed by atoms with Gasteiger partial charge in [-0.15, -0.1) is 0 Å². The Kier molecular flexibility index (Phi) is 14.7. The minimum atomic E-state index is 0.273. The van der Waals surface area contributed by atoms with Crippen LogP contribution in [0.3, 0.4) is 0 Å². The zero-order valence-corrected chi connectivity index (χ0v) is 14.1. The summed E-state index contributed by atoms with van der Waals surface area (Å²) in [5.74, 6) is 0.273. The lowest BCUT2D eigenvalue weighted by atomic mass is 10.0. The average Bonchev–Trinajstić information content (AvgIpc) is 2.44. The Hall–Kier alpha value is -0.370. The predicted octanol–water partition coefficient (Wildman–Crippen LogP) is 5.68. The minimum Gasteiger partial charge on any atom is -0.381 e. The molecule has 0 aromatic heterocycles. The fraction of sp³-hybridized carbons (Fsp3) is 0.944. The molecule has 2 nitrogen and oxygen atoms in total. The third-order valence-electron chi connectivity index (χ3n) is 4.03. The van der Waals surface area contributed by atoms with Crippen LogP contribution in [0, 0.1) is 0 Å². The van der Waals surface area contributed by atoms with E-state index in [0.29, 0.717) is 6.42 Å². The van der Waals surface area contributed by atoms with E-state index < -0.39 is 0 Å². The standard InChI is InChI=1S/C18H36O2/c1-4-5-6-7-8-9-10-11-12-13-14-18(20-3)16-15-17(2)19/h18H,4-16H2,1-3H3. The number of ketones is 1. The molecule has 0 aromatic rings. The van der Waals surface area contributed by atoms with Crippen LogP contribution in [0.4, 0.5) is 0 Å². The third-order valence-corrected chi connectivity index (χ3v) is 4.03. The first kappa shape index (κ1) is 19.6. The first-order valence-corrected chi connectivity index (χ1v) is 8.73. The van der Waals surface area contributed by atoms with Crippen LogP contribution in [0.1, 0.15) is 97.3 Å². The van der Waals surface area contributed by atoms with Crippen molar-refractivity contribution in [3.8, 4) is 0 Å². The van der Waals surface area contributed by atoms with Crippen molar-refractivity contribution in [3.63, 3.8) is 0 Å². The highest BCUT2D eigenvalue weighted by Crippen LogP contribution is 2.14. The van der Waals surface area contributed by atoms with Crippen LogP contribution >= 0.6 is 0 Å². The van der Waals surface area contributed by atoms with Gasteiger partial charge in [0.2, 0.25) is 0 Å². The molecule has 0 fully saturated rings. The zero-order valence-electron chi connectivity index (χ0n) is 14.1. The van der Waals surface area contributed by atoms with Crippen LogP contribution < -0.4 is 0 Å². The molecule has 0 N–H and O–H groups in total. The molecule has 120 valence electrons. The van der Waals surface area contributed by atoms with Crippen LogP contribution in [0.2, 0.25) is 0 Å². The van der Waals surface area contributed by atoms with Gasteiger partial charge in [0.15, 0.2) is 0 Å². The topological polar surface area (TPSA) is 26.3 Å². The number of carbonyl (C=O) groups excluding carboxylic acids is 1. The molecule has 2 heteroatoms. The summed E-state index contributed by atoms with van der Waals surface area (Å²) < 4.78 is 5.43. The van der Waals surface area contributed by atoms with Gasteiger partial charge < -0.3 is 9.53 Å². The molecule has 0 aliphatic carbocycles. The highest BCUT2D eigenvalue weighted by atomic mass is 16.5. The summed E-state index contributed by atoms with van der Waals surface area (Å²) in [5, 5.41) is 0. The Morgan fingerprint density at radius 3 is 1.80 bits per heavy atom. The lowest BCUT2D eigenvalue weighted by molar-refractivity contribution is -0.117. The minimum absolute atomic E-state index is 0.273. The van der Waals surface area contributed by atoms with Crippen molar-refractivity contribution in [1.29, 1.82) is 0 Å². The van der Waals surface area contributed by atoms with E-state index in [-0.39, 0.29) is 11.9 Å². The Balaban J connectivity index is 3.26. The van der Waals surface area contributed by atoms with Crippen molar-refractivity contribution in [2.24, 2.45) is 0 Å². The van der Waals surface area contributed by atoms with Crippen LogP contribution in [-0.4, -0.2) is 19.0 Å². The van der Waals surface area contributed by atoms with Gasteiger partial charge in [-0.2, -0.15) is 0 Å². The lowest BCUT2D eigenvalue weighted by Gasteiger charge is -2.14. The van der Waals surface area contributed by atoms with Gasteiger partial charge in [0.25, 0.3) is 0 Å². The number of rotatable bonds is 15. The van der Waals surface area contributed by atoms with Gasteiger partial charge in [-0.05, 0) is 19.8 Å². The summed E-state index contributed by atoms with van der Waals surface area (Å²) >= 11 is 0. The SMILES string of the molecule is CCCCCCCCCCCCC(CCC(C)=O)OC. The average molecular weight is 284 g/mol. The number of hydrogen-bond donors (Lipinski definition) is 0. The largest absolute Gasteiger partial charge is 0.381 e. The van der Waals surface area contributed by atoms with Crippen molar-refractivity contribution >= 4 is 5.78 Å². The number of ether oxygens (including phenoxy) is 1. The van der Waals surface area contributed by atoms with Crippen LogP contribution in [0.5, 0.6) is 0 Å². The van der Waals surface area contributed by atoms with Crippen molar-refractivity contribution in [2.45, 2.75) is 103 Å². The van der Waals surface area contributed by atoms with E-state index >= 15 is 0 Å². The molecule has 0 aliphatic heterocycles. The summed E-state index contributed by atoms with van der Waals surface area (Å²) in [5.41, 5.74) is 0. The number of Topliss-reactive ketones (excluding diaryl/α,β-unsaturated/α-hetero) is 1. The van der Waals surface area contributed by atoms with Crippen molar-refractivity contribution in [3.05, 3.63) is 0 Å². The second-order valence-corrected chi connectivity index (χ2v) is 6.07. The Morgan fingerprint density at radius 2 is 1.35 bits per heavy atom. The number of carbonyl (C=O) groups is 1. The summed E-state index contributed by atoms with van der Waals surface area (Å²) in [6.45, 7) is 3.93. The third kappa shape index (κ3) is 14.0. The van der Waals surface area contributed by atoms with Gasteiger partial charge in [0.05, 0.1) is 6.10 Å². The molecule has 1 atom stereocenters. The first-order chi connectivity index (χ1) is 9.70. The van der Waals surface area contributed by atoms with Gasteiger partial charge >= 0.3 is 0 Å². The molecule has 20 heavy (non-hydrogen) atoms. The maximum atomic E-state index is 11.0. The van der Waals surface area contributed by atoms with Gasteiger partial charge in [-0.1, -0.05) is 71.1 Å². The molecule has 0 amide bonds.